The number of rotatable bonds is 3. The number of amides is 1. The molecule has 1 amide bonds. The van der Waals surface area contributed by atoms with Crippen molar-refractivity contribution in [2.75, 3.05) is 10.3 Å². The van der Waals surface area contributed by atoms with Crippen LogP contribution >= 0.6 is 15.9 Å². The third-order valence-corrected chi connectivity index (χ3v) is 5.61. The van der Waals surface area contributed by atoms with Gasteiger partial charge in [0.05, 0.1) is 21.4 Å². The molecule has 4 rings (SSSR count). The van der Waals surface area contributed by atoms with Gasteiger partial charge in [-0.3, -0.25) is 15.1 Å². The Bertz CT molecular complexity index is 1250. The van der Waals surface area contributed by atoms with E-state index in [9.17, 15) is 23.1 Å². The lowest BCUT2D eigenvalue weighted by Gasteiger charge is -2.19. The smallest absolute Gasteiger partial charge is 0.416 e. The topological polar surface area (TPSA) is 64.9 Å². The van der Waals surface area contributed by atoms with Crippen LogP contribution in [-0.4, -0.2) is 16.7 Å². The number of aromatic hydroxyl groups is 1. The number of fused-ring (bicyclic) bond motifs is 1. The van der Waals surface area contributed by atoms with Gasteiger partial charge in [-0.2, -0.15) is 18.3 Å². The van der Waals surface area contributed by atoms with Crippen molar-refractivity contribution in [1.82, 2.24) is 0 Å². The molecule has 0 spiro atoms. The number of carbonyl (C=O) groups excluding carboxylic acids is 1. The lowest BCUT2D eigenvalue weighted by Crippen LogP contribution is -2.26. The first-order valence-electron chi connectivity index (χ1n) is 9.52. The molecule has 5 nitrogen and oxygen atoms in total. The molecule has 0 saturated heterocycles. The van der Waals surface area contributed by atoms with Gasteiger partial charge in [0.1, 0.15) is 0 Å². The van der Waals surface area contributed by atoms with E-state index < -0.39 is 17.6 Å². The lowest BCUT2D eigenvalue weighted by molar-refractivity contribution is -0.137. The van der Waals surface area contributed by atoms with Crippen molar-refractivity contribution in [3.8, 4) is 5.75 Å². The number of benzene rings is 3. The van der Waals surface area contributed by atoms with Crippen LogP contribution in [0.25, 0.3) is 0 Å². The number of phenolic OH excluding ortho intramolecular Hbond substituents is 1. The third-order valence-electron chi connectivity index (χ3n) is 4.97. The van der Waals surface area contributed by atoms with Gasteiger partial charge in [-0.25, -0.2) is 0 Å². The van der Waals surface area contributed by atoms with Crippen molar-refractivity contribution in [1.29, 1.82) is 0 Å². The van der Waals surface area contributed by atoms with E-state index in [0.29, 0.717) is 10.2 Å². The zero-order valence-electron chi connectivity index (χ0n) is 17.0. The molecule has 3 aromatic rings. The fraction of sp³-hybridized carbons (Fsp3) is 0.130. The Hall–Kier alpha value is -3.33. The van der Waals surface area contributed by atoms with E-state index in [-0.39, 0.29) is 28.4 Å². The predicted molar refractivity (Wildman–Crippen MR) is 120 cm³/mol. The highest BCUT2D eigenvalue weighted by atomic mass is 79.9. The largest absolute Gasteiger partial charge is 0.505 e. The van der Waals surface area contributed by atoms with E-state index >= 15 is 0 Å². The van der Waals surface area contributed by atoms with Crippen LogP contribution in [0, 0.1) is 13.8 Å². The van der Waals surface area contributed by atoms with E-state index in [1.54, 1.807) is 30.3 Å². The molecule has 1 aliphatic heterocycles. The molecule has 9 heteroatoms. The number of nitrogens with zero attached hydrogens (tertiary/aromatic N) is 2. The first kappa shape index (κ1) is 21.9. The van der Waals surface area contributed by atoms with Crippen LogP contribution in [0.4, 0.5) is 30.2 Å². The summed E-state index contributed by atoms with van der Waals surface area (Å²) in [7, 11) is 0. The van der Waals surface area contributed by atoms with Crippen LogP contribution in [0.2, 0.25) is 0 Å². The number of hydrogen-bond donors (Lipinski definition) is 2. The Balaban J connectivity index is 1.85. The maximum absolute atomic E-state index is 13.4. The summed E-state index contributed by atoms with van der Waals surface area (Å²) in [5.41, 5.74) is 4.48. The highest BCUT2D eigenvalue weighted by molar-refractivity contribution is 9.10. The normalized spacial score (nSPS) is 14.8. The van der Waals surface area contributed by atoms with E-state index in [4.69, 9.17) is 0 Å². The summed E-state index contributed by atoms with van der Waals surface area (Å²) in [6.07, 6.45) is -4.56. The summed E-state index contributed by atoms with van der Waals surface area (Å²) >= 11 is 3.20. The molecule has 0 fully saturated rings. The number of phenols is 1. The van der Waals surface area contributed by atoms with Crippen molar-refractivity contribution in [3.63, 3.8) is 0 Å². The average molecular weight is 504 g/mol. The molecule has 0 aromatic heterocycles. The maximum atomic E-state index is 13.4. The SMILES string of the molecule is Cc1cc(C)cc(N2C(=O)C(=NNc3cccc(Br)c3O)c3ccc(C(F)(F)F)cc32)c1. The van der Waals surface area contributed by atoms with Crippen molar-refractivity contribution < 1.29 is 23.1 Å². The second-order valence-corrected chi connectivity index (χ2v) is 8.28. The summed E-state index contributed by atoms with van der Waals surface area (Å²) in [6.45, 7) is 3.69. The Morgan fingerprint density at radius 2 is 1.72 bits per heavy atom. The van der Waals surface area contributed by atoms with Crippen LogP contribution < -0.4 is 10.3 Å². The van der Waals surface area contributed by atoms with E-state index in [1.807, 2.05) is 19.9 Å². The van der Waals surface area contributed by atoms with Crippen LogP contribution in [0.15, 0.2) is 64.2 Å². The standard InChI is InChI=1S/C23H17BrF3N3O2/c1-12-8-13(2)10-15(9-12)30-19-11-14(23(25,26)27)6-7-16(19)20(22(30)32)29-28-18-5-3-4-17(24)21(18)31/h3-11,28,31H,1-2H3. The molecule has 1 heterocycles. The number of hydrazone groups is 1. The molecule has 1 aliphatic rings. The van der Waals surface area contributed by atoms with Crippen molar-refractivity contribution in [2.45, 2.75) is 20.0 Å². The van der Waals surface area contributed by atoms with Gasteiger partial charge in [-0.1, -0.05) is 12.1 Å². The first-order chi connectivity index (χ1) is 15.1. The fourth-order valence-electron chi connectivity index (χ4n) is 3.59. The van der Waals surface area contributed by atoms with Crippen LogP contribution in [0.1, 0.15) is 22.3 Å². The third kappa shape index (κ3) is 3.95. The molecule has 32 heavy (non-hydrogen) atoms. The molecule has 0 radical (unpaired) electrons. The van der Waals surface area contributed by atoms with Gasteiger partial charge in [0.15, 0.2) is 11.5 Å². The molecule has 164 valence electrons. The number of anilines is 3. The summed E-state index contributed by atoms with van der Waals surface area (Å²) in [5, 5.41) is 14.3. The van der Waals surface area contributed by atoms with Crippen molar-refractivity contribution in [3.05, 3.63) is 81.3 Å². The van der Waals surface area contributed by atoms with Crippen molar-refractivity contribution in [2.24, 2.45) is 5.10 Å². The molecular formula is C23H17BrF3N3O2. The molecule has 0 saturated carbocycles. The zero-order valence-corrected chi connectivity index (χ0v) is 18.5. The summed E-state index contributed by atoms with van der Waals surface area (Å²) < 4.78 is 40.6. The van der Waals surface area contributed by atoms with Gasteiger partial charge in [0.25, 0.3) is 5.91 Å². The molecule has 2 N–H and O–H groups in total. The van der Waals surface area contributed by atoms with E-state index in [1.165, 1.54) is 11.0 Å². The second kappa shape index (κ2) is 7.98. The van der Waals surface area contributed by atoms with Crippen LogP contribution in [0.3, 0.4) is 0 Å². The predicted octanol–water partition coefficient (Wildman–Crippen LogP) is 6.28. The minimum absolute atomic E-state index is 0.0627. The van der Waals surface area contributed by atoms with Gasteiger partial charge >= 0.3 is 6.18 Å². The molecule has 0 atom stereocenters. The number of halogens is 4. The van der Waals surface area contributed by atoms with Gasteiger partial charge < -0.3 is 5.11 Å². The number of nitrogens with one attached hydrogen (secondary N) is 1. The molecule has 0 unspecified atom stereocenters. The molecular weight excluding hydrogens is 487 g/mol. The number of para-hydroxylation sites is 1. The zero-order chi connectivity index (χ0) is 23.2. The van der Waals surface area contributed by atoms with Gasteiger partial charge in [-0.05, 0) is 83.4 Å². The van der Waals surface area contributed by atoms with Crippen molar-refractivity contribution >= 4 is 44.6 Å². The Morgan fingerprint density at radius 1 is 1.03 bits per heavy atom. The number of hydrogen-bond acceptors (Lipinski definition) is 4. The second-order valence-electron chi connectivity index (χ2n) is 7.42. The quantitative estimate of drug-likeness (QED) is 0.326. The summed E-state index contributed by atoms with van der Waals surface area (Å²) in [6, 6.07) is 13.3. The Kier molecular flexibility index (Phi) is 5.46. The Morgan fingerprint density at radius 3 is 2.38 bits per heavy atom. The lowest BCUT2D eigenvalue weighted by atomic mass is 10.1. The summed E-state index contributed by atoms with van der Waals surface area (Å²) in [5.74, 6) is -0.688. The monoisotopic (exact) mass is 503 g/mol. The van der Waals surface area contributed by atoms with Gasteiger partial charge in [0.2, 0.25) is 0 Å². The molecule has 3 aromatic carbocycles. The minimum Gasteiger partial charge on any atom is -0.505 e. The molecule has 0 aliphatic carbocycles. The Labute approximate surface area is 190 Å². The minimum atomic E-state index is -4.56. The van der Waals surface area contributed by atoms with Crippen LogP contribution in [-0.2, 0) is 11.0 Å². The number of carbonyl (C=O) groups is 1. The van der Waals surface area contributed by atoms with E-state index in [0.717, 1.165) is 23.3 Å². The van der Waals surface area contributed by atoms with Crippen LogP contribution in [0.5, 0.6) is 5.75 Å². The first-order valence-corrected chi connectivity index (χ1v) is 10.3. The highest BCUT2D eigenvalue weighted by Gasteiger charge is 2.39. The fourth-order valence-corrected chi connectivity index (χ4v) is 3.96. The highest BCUT2D eigenvalue weighted by Crippen LogP contribution is 2.41. The maximum Gasteiger partial charge on any atom is 0.416 e. The van der Waals surface area contributed by atoms with Gasteiger partial charge in [0, 0.05) is 11.3 Å². The molecule has 0 bridgehead atoms. The number of aryl methyl sites for hydroxylation is 2. The van der Waals surface area contributed by atoms with E-state index in [2.05, 4.69) is 26.5 Å². The summed E-state index contributed by atoms with van der Waals surface area (Å²) in [4.78, 5) is 14.5. The average Bonchev–Trinajstić information content (AvgIpc) is 2.98. The number of alkyl halides is 3. The van der Waals surface area contributed by atoms with Gasteiger partial charge in [-0.15, -0.1) is 0 Å².